The number of alkyl halides is 3. The summed E-state index contributed by atoms with van der Waals surface area (Å²) in [7, 11) is 0. The van der Waals surface area contributed by atoms with Gasteiger partial charge in [-0.3, -0.25) is 0 Å². The van der Waals surface area contributed by atoms with Crippen molar-refractivity contribution in [1.82, 2.24) is 9.97 Å². The van der Waals surface area contributed by atoms with Crippen molar-refractivity contribution in [3.8, 4) is 11.4 Å². The Bertz CT molecular complexity index is 624. The predicted octanol–water partition coefficient (Wildman–Crippen LogP) is 3.52. The Balaban J connectivity index is 2.45. The smallest absolute Gasteiger partial charge is 0.389 e. The third kappa shape index (κ3) is 2.96. The Morgan fingerprint density at radius 1 is 1.25 bits per heavy atom. The van der Waals surface area contributed by atoms with Gasteiger partial charge < -0.3 is 5.11 Å². The van der Waals surface area contributed by atoms with Crippen LogP contribution in [0.4, 0.5) is 13.2 Å². The fraction of sp³-hybridized carbons (Fsp3) is 0.286. The monoisotopic (exact) mass is 282 g/mol. The van der Waals surface area contributed by atoms with Crippen molar-refractivity contribution in [2.45, 2.75) is 26.1 Å². The average Bonchev–Trinajstić information content (AvgIpc) is 2.37. The molecule has 1 aromatic heterocycles. The summed E-state index contributed by atoms with van der Waals surface area (Å²) in [4.78, 5) is 8.17. The molecule has 6 heteroatoms. The molecule has 20 heavy (non-hydrogen) atoms. The molecule has 0 saturated carbocycles. The highest BCUT2D eigenvalue weighted by atomic mass is 19.4. The maximum Gasteiger partial charge on any atom is 0.416 e. The van der Waals surface area contributed by atoms with Crippen molar-refractivity contribution in [3.05, 3.63) is 47.3 Å². The molecule has 0 unspecified atom stereocenters. The van der Waals surface area contributed by atoms with Gasteiger partial charge in [0.25, 0.3) is 0 Å². The fourth-order valence-electron chi connectivity index (χ4n) is 1.86. The minimum absolute atomic E-state index is 0.206. The second-order valence-corrected chi connectivity index (χ2v) is 4.49. The summed E-state index contributed by atoms with van der Waals surface area (Å²) in [6, 6.07) is 4.85. The molecule has 1 aromatic carbocycles. The van der Waals surface area contributed by atoms with Gasteiger partial charge in [-0.1, -0.05) is 12.1 Å². The van der Waals surface area contributed by atoms with Gasteiger partial charge in [-0.25, -0.2) is 9.97 Å². The Morgan fingerprint density at radius 2 is 1.95 bits per heavy atom. The molecule has 0 bridgehead atoms. The number of benzene rings is 1. The highest BCUT2D eigenvalue weighted by Crippen LogP contribution is 2.31. The fourth-order valence-corrected chi connectivity index (χ4v) is 1.86. The highest BCUT2D eigenvalue weighted by Gasteiger charge is 2.30. The first-order valence-electron chi connectivity index (χ1n) is 5.98. The van der Waals surface area contributed by atoms with Crippen molar-refractivity contribution < 1.29 is 18.3 Å². The van der Waals surface area contributed by atoms with E-state index in [2.05, 4.69) is 9.97 Å². The highest BCUT2D eigenvalue weighted by molar-refractivity contribution is 5.56. The van der Waals surface area contributed by atoms with Crippen LogP contribution < -0.4 is 0 Å². The van der Waals surface area contributed by atoms with Crippen molar-refractivity contribution >= 4 is 0 Å². The van der Waals surface area contributed by atoms with Gasteiger partial charge >= 0.3 is 6.18 Å². The standard InChI is InChI=1S/C14H13F3N2O/c1-8-12(9(2)20)7-18-13(19-8)10-4-3-5-11(6-10)14(15,16)17/h3-7,9,20H,1-2H3/t9-/m0/s1. The average molecular weight is 282 g/mol. The van der Waals surface area contributed by atoms with E-state index in [1.165, 1.54) is 18.3 Å². The molecule has 0 aliphatic carbocycles. The Kier molecular flexibility index (Phi) is 3.76. The van der Waals surface area contributed by atoms with E-state index >= 15 is 0 Å². The van der Waals surface area contributed by atoms with Crippen LogP contribution in [0.3, 0.4) is 0 Å². The van der Waals surface area contributed by atoms with Crippen LogP contribution in [-0.4, -0.2) is 15.1 Å². The maximum atomic E-state index is 12.7. The molecular formula is C14H13F3N2O. The molecule has 0 saturated heterocycles. The Hall–Kier alpha value is -1.95. The zero-order valence-corrected chi connectivity index (χ0v) is 10.9. The maximum absolute atomic E-state index is 12.7. The van der Waals surface area contributed by atoms with Crippen LogP contribution in [0.2, 0.25) is 0 Å². The molecule has 106 valence electrons. The van der Waals surface area contributed by atoms with E-state index in [0.717, 1.165) is 12.1 Å². The van der Waals surface area contributed by atoms with Crippen molar-refractivity contribution in [2.24, 2.45) is 0 Å². The van der Waals surface area contributed by atoms with Crippen molar-refractivity contribution in [2.75, 3.05) is 0 Å². The summed E-state index contributed by atoms with van der Waals surface area (Å²) in [5.74, 6) is 0.206. The van der Waals surface area contributed by atoms with E-state index in [9.17, 15) is 18.3 Å². The summed E-state index contributed by atoms with van der Waals surface area (Å²) in [5.41, 5.74) is 0.652. The van der Waals surface area contributed by atoms with Gasteiger partial charge in [-0.05, 0) is 26.0 Å². The minimum Gasteiger partial charge on any atom is -0.389 e. The van der Waals surface area contributed by atoms with E-state index in [4.69, 9.17) is 0 Å². The van der Waals surface area contributed by atoms with Gasteiger partial charge in [0.05, 0.1) is 11.7 Å². The molecule has 0 aliphatic rings. The number of aryl methyl sites for hydroxylation is 1. The Labute approximate surface area is 114 Å². The first-order valence-corrected chi connectivity index (χ1v) is 5.98. The zero-order valence-electron chi connectivity index (χ0n) is 10.9. The van der Waals surface area contributed by atoms with Gasteiger partial charge in [0.2, 0.25) is 0 Å². The summed E-state index contributed by atoms with van der Waals surface area (Å²) < 4.78 is 38.0. The lowest BCUT2D eigenvalue weighted by atomic mass is 10.1. The van der Waals surface area contributed by atoms with Gasteiger partial charge in [0.15, 0.2) is 5.82 Å². The number of rotatable bonds is 2. The number of aromatic nitrogens is 2. The van der Waals surface area contributed by atoms with Crippen LogP contribution in [0, 0.1) is 6.92 Å². The molecule has 0 amide bonds. The Morgan fingerprint density at radius 3 is 2.50 bits per heavy atom. The lowest BCUT2D eigenvalue weighted by Gasteiger charge is -2.11. The van der Waals surface area contributed by atoms with Gasteiger partial charge in [0.1, 0.15) is 0 Å². The molecule has 1 N–H and O–H groups in total. The summed E-state index contributed by atoms with van der Waals surface area (Å²) in [5, 5.41) is 9.49. The summed E-state index contributed by atoms with van der Waals surface area (Å²) >= 11 is 0. The molecule has 2 rings (SSSR count). The summed E-state index contributed by atoms with van der Waals surface area (Å²) in [6.45, 7) is 3.26. The lowest BCUT2D eigenvalue weighted by molar-refractivity contribution is -0.137. The van der Waals surface area contributed by atoms with Gasteiger partial charge in [-0.2, -0.15) is 13.2 Å². The number of hydrogen-bond donors (Lipinski definition) is 1. The van der Waals surface area contributed by atoms with Crippen LogP contribution in [-0.2, 0) is 6.18 Å². The molecule has 0 radical (unpaired) electrons. The topological polar surface area (TPSA) is 46.0 Å². The largest absolute Gasteiger partial charge is 0.416 e. The third-order valence-corrected chi connectivity index (χ3v) is 2.92. The van der Waals surface area contributed by atoms with Crippen LogP contribution in [0.5, 0.6) is 0 Å². The molecule has 1 atom stereocenters. The van der Waals surface area contributed by atoms with Crippen LogP contribution in [0.15, 0.2) is 30.5 Å². The number of aliphatic hydroxyl groups excluding tert-OH is 1. The van der Waals surface area contributed by atoms with Gasteiger partial charge in [-0.15, -0.1) is 0 Å². The van der Waals surface area contributed by atoms with Gasteiger partial charge in [0, 0.05) is 23.0 Å². The quantitative estimate of drug-likeness (QED) is 0.916. The molecule has 3 nitrogen and oxygen atoms in total. The summed E-state index contributed by atoms with van der Waals surface area (Å²) in [6.07, 6.45) is -3.68. The minimum atomic E-state index is -4.40. The van der Waals surface area contributed by atoms with E-state index in [1.807, 2.05) is 0 Å². The first kappa shape index (κ1) is 14.5. The van der Waals surface area contributed by atoms with Crippen LogP contribution in [0.25, 0.3) is 11.4 Å². The molecule has 0 aliphatic heterocycles. The van der Waals surface area contributed by atoms with E-state index in [-0.39, 0.29) is 5.82 Å². The number of halogens is 3. The SMILES string of the molecule is Cc1nc(-c2cccc(C(F)(F)F)c2)ncc1[C@H](C)O. The molecule has 1 heterocycles. The molecule has 2 aromatic rings. The van der Waals surface area contributed by atoms with E-state index < -0.39 is 17.8 Å². The zero-order chi connectivity index (χ0) is 14.9. The second kappa shape index (κ2) is 5.20. The molecular weight excluding hydrogens is 269 g/mol. The molecule has 0 spiro atoms. The molecule has 0 fully saturated rings. The van der Waals surface area contributed by atoms with Crippen LogP contribution >= 0.6 is 0 Å². The first-order chi connectivity index (χ1) is 9.29. The van der Waals surface area contributed by atoms with E-state index in [1.54, 1.807) is 13.8 Å². The predicted molar refractivity (Wildman–Crippen MR) is 67.8 cm³/mol. The van der Waals surface area contributed by atoms with E-state index in [0.29, 0.717) is 16.8 Å². The third-order valence-electron chi connectivity index (χ3n) is 2.92. The number of nitrogens with zero attached hydrogens (tertiary/aromatic N) is 2. The van der Waals surface area contributed by atoms with Crippen molar-refractivity contribution in [3.63, 3.8) is 0 Å². The second-order valence-electron chi connectivity index (χ2n) is 4.49. The van der Waals surface area contributed by atoms with Crippen molar-refractivity contribution in [1.29, 1.82) is 0 Å². The van der Waals surface area contributed by atoms with Crippen LogP contribution in [0.1, 0.15) is 29.8 Å². The normalized spacial score (nSPS) is 13.3. The lowest BCUT2D eigenvalue weighted by Crippen LogP contribution is -2.05. The number of hydrogen-bond acceptors (Lipinski definition) is 3. The number of aliphatic hydroxyl groups is 1.